The summed E-state index contributed by atoms with van der Waals surface area (Å²) in [6, 6.07) is 3.40. The Bertz CT molecular complexity index is 465. The lowest BCUT2D eigenvalue weighted by Gasteiger charge is -2.13. The molecule has 0 saturated heterocycles. The highest BCUT2D eigenvalue weighted by Crippen LogP contribution is 2.28. The smallest absolute Gasteiger partial charge is 0.273 e. The van der Waals surface area contributed by atoms with E-state index in [1.54, 1.807) is 12.1 Å². The van der Waals surface area contributed by atoms with Gasteiger partial charge in [-0.3, -0.25) is 4.79 Å². The Labute approximate surface area is 91.3 Å². The van der Waals surface area contributed by atoms with Crippen LogP contribution in [0.1, 0.15) is 12.7 Å². The number of carbonyl (C=O) groups is 1. The average Bonchev–Trinajstić information content (AvgIpc) is 2.79. The molecule has 0 spiro atoms. The van der Waals surface area contributed by atoms with E-state index in [-0.39, 0.29) is 5.76 Å². The molecule has 0 bridgehead atoms. The summed E-state index contributed by atoms with van der Waals surface area (Å²) < 4.78 is 9.89. The molecular formula is C11H10O5. The normalized spacial score (nSPS) is 25.5. The van der Waals surface area contributed by atoms with Gasteiger partial charge < -0.3 is 19.4 Å². The molecule has 0 amide bonds. The molecule has 16 heavy (non-hydrogen) atoms. The van der Waals surface area contributed by atoms with Gasteiger partial charge in [-0.1, -0.05) is 0 Å². The van der Waals surface area contributed by atoms with Crippen molar-refractivity contribution in [2.45, 2.75) is 12.7 Å². The van der Waals surface area contributed by atoms with Crippen LogP contribution in [0.25, 0.3) is 6.08 Å². The fourth-order valence-electron chi connectivity index (χ4n) is 1.30. The van der Waals surface area contributed by atoms with Gasteiger partial charge >= 0.3 is 0 Å². The average molecular weight is 222 g/mol. The number of ether oxygens (including phenoxy) is 1. The van der Waals surface area contributed by atoms with Crippen LogP contribution in [0, 0.1) is 0 Å². The number of rotatable bonds is 2. The Balaban J connectivity index is 2.21. The van der Waals surface area contributed by atoms with E-state index in [1.165, 1.54) is 25.3 Å². The molecule has 0 aromatic carbocycles. The Morgan fingerprint density at radius 2 is 2.19 bits per heavy atom. The summed E-state index contributed by atoms with van der Waals surface area (Å²) in [5.74, 6) is -2.97. The molecule has 2 rings (SSSR count). The molecule has 1 aliphatic rings. The summed E-state index contributed by atoms with van der Waals surface area (Å²) >= 11 is 0. The first-order chi connectivity index (χ1) is 7.50. The van der Waals surface area contributed by atoms with Crippen molar-refractivity contribution in [2.75, 3.05) is 0 Å². The number of aliphatic hydroxyl groups is 2. The van der Waals surface area contributed by atoms with E-state index >= 15 is 0 Å². The lowest BCUT2D eigenvalue weighted by Crippen LogP contribution is -2.33. The molecule has 84 valence electrons. The number of hydrogen-bond donors (Lipinski definition) is 2. The number of ketones is 1. The number of furan rings is 1. The predicted octanol–water partition coefficient (Wildman–Crippen LogP) is 1.37. The summed E-state index contributed by atoms with van der Waals surface area (Å²) in [5, 5.41) is 18.8. The second-order valence-electron chi connectivity index (χ2n) is 3.48. The van der Waals surface area contributed by atoms with Gasteiger partial charge in [-0.25, -0.2) is 0 Å². The minimum atomic E-state index is -1.99. The first-order valence-electron chi connectivity index (χ1n) is 4.62. The van der Waals surface area contributed by atoms with Crippen molar-refractivity contribution in [1.82, 2.24) is 0 Å². The zero-order chi connectivity index (χ0) is 11.8. The van der Waals surface area contributed by atoms with Crippen molar-refractivity contribution in [1.29, 1.82) is 0 Å². The van der Waals surface area contributed by atoms with Crippen molar-refractivity contribution in [2.24, 2.45) is 0 Å². The third kappa shape index (κ3) is 1.72. The van der Waals surface area contributed by atoms with E-state index < -0.39 is 17.3 Å². The Morgan fingerprint density at radius 3 is 2.69 bits per heavy atom. The predicted molar refractivity (Wildman–Crippen MR) is 54.1 cm³/mol. The van der Waals surface area contributed by atoms with E-state index in [2.05, 4.69) is 0 Å². The highest BCUT2D eigenvalue weighted by Gasteiger charge is 2.43. The van der Waals surface area contributed by atoms with Crippen molar-refractivity contribution >= 4 is 11.9 Å². The second-order valence-corrected chi connectivity index (χ2v) is 3.48. The molecule has 1 atom stereocenters. The molecule has 1 aromatic heterocycles. The number of carbonyl (C=O) groups excluding carboxylic acids is 1. The van der Waals surface area contributed by atoms with Gasteiger partial charge in [0.05, 0.1) is 6.26 Å². The molecule has 0 aliphatic carbocycles. The Hall–Kier alpha value is -2.01. The minimum Gasteiger partial charge on any atom is -0.502 e. The van der Waals surface area contributed by atoms with E-state index in [1.807, 2.05) is 0 Å². The van der Waals surface area contributed by atoms with Crippen molar-refractivity contribution in [3.8, 4) is 0 Å². The maximum atomic E-state index is 11.3. The molecular weight excluding hydrogens is 212 g/mol. The number of aliphatic hydroxyl groups excluding tert-OH is 1. The number of Topliss-reactive ketones (excluding diaryl/α,β-unsaturated/α-hetero) is 1. The maximum absolute atomic E-state index is 11.3. The molecule has 1 aliphatic heterocycles. The van der Waals surface area contributed by atoms with E-state index in [9.17, 15) is 15.0 Å². The van der Waals surface area contributed by atoms with Crippen molar-refractivity contribution < 1.29 is 24.2 Å². The molecule has 1 aromatic rings. The van der Waals surface area contributed by atoms with E-state index in [0.29, 0.717) is 5.76 Å². The number of hydrogen-bond acceptors (Lipinski definition) is 5. The highest BCUT2D eigenvalue weighted by molar-refractivity contribution is 6.01. The van der Waals surface area contributed by atoms with Crippen LogP contribution in [0.3, 0.4) is 0 Å². The van der Waals surface area contributed by atoms with Gasteiger partial charge in [0, 0.05) is 6.92 Å². The zero-order valence-electron chi connectivity index (χ0n) is 8.51. The van der Waals surface area contributed by atoms with Gasteiger partial charge in [0.15, 0.2) is 5.76 Å². The molecule has 5 heteroatoms. The summed E-state index contributed by atoms with van der Waals surface area (Å²) in [5.41, 5.74) is 0. The first-order valence-corrected chi connectivity index (χ1v) is 4.62. The summed E-state index contributed by atoms with van der Waals surface area (Å²) in [4.78, 5) is 11.3. The second kappa shape index (κ2) is 3.53. The standard InChI is InChI=1S/C11H10O5/c1-11(14)10(13)9(12)8(16-11)5-4-7-3-2-6-15-7/h2-6,12,14H,1H3/b5-4+. The molecule has 0 radical (unpaired) electrons. The van der Waals surface area contributed by atoms with E-state index in [0.717, 1.165) is 0 Å². The molecule has 0 fully saturated rings. The van der Waals surface area contributed by atoms with Gasteiger partial charge in [0.25, 0.3) is 11.6 Å². The zero-order valence-corrected chi connectivity index (χ0v) is 8.51. The molecule has 2 N–H and O–H groups in total. The quantitative estimate of drug-likeness (QED) is 0.789. The number of allylic oxidation sites excluding steroid dienone is 1. The van der Waals surface area contributed by atoms with Crippen LogP contribution in [0.15, 0.2) is 40.4 Å². The summed E-state index contributed by atoms with van der Waals surface area (Å²) in [6.07, 6.45) is 4.36. The van der Waals surface area contributed by atoms with Crippen LogP contribution in [-0.4, -0.2) is 21.8 Å². The Kier molecular flexibility index (Phi) is 2.32. The van der Waals surface area contributed by atoms with Gasteiger partial charge in [0.2, 0.25) is 5.76 Å². The van der Waals surface area contributed by atoms with Crippen LogP contribution in [0.5, 0.6) is 0 Å². The van der Waals surface area contributed by atoms with Crippen LogP contribution < -0.4 is 0 Å². The molecule has 1 unspecified atom stereocenters. The van der Waals surface area contributed by atoms with Gasteiger partial charge in [0.1, 0.15) is 5.76 Å². The van der Waals surface area contributed by atoms with Crippen LogP contribution >= 0.6 is 0 Å². The molecule has 5 nitrogen and oxygen atoms in total. The fraction of sp³-hybridized carbons (Fsp3) is 0.182. The van der Waals surface area contributed by atoms with Crippen molar-refractivity contribution in [3.05, 3.63) is 41.8 Å². The maximum Gasteiger partial charge on any atom is 0.273 e. The van der Waals surface area contributed by atoms with Gasteiger partial charge in [-0.15, -0.1) is 0 Å². The first kappa shape index (κ1) is 10.5. The SMILES string of the molecule is CC1(O)OC(/C=C/c2ccco2)=C(O)C1=O. The minimum absolute atomic E-state index is 0.0774. The van der Waals surface area contributed by atoms with E-state index in [4.69, 9.17) is 9.15 Å². The summed E-state index contributed by atoms with van der Waals surface area (Å²) in [7, 11) is 0. The fourth-order valence-corrected chi connectivity index (χ4v) is 1.30. The molecule has 0 saturated carbocycles. The summed E-state index contributed by atoms with van der Waals surface area (Å²) in [6.45, 7) is 1.17. The van der Waals surface area contributed by atoms with Crippen LogP contribution in [-0.2, 0) is 9.53 Å². The third-order valence-electron chi connectivity index (χ3n) is 2.12. The van der Waals surface area contributed by atoms with Crippen LogP contribution in [0.4, 0.5) is 0 Å². The monoisotopic (exact) mass is 222 g/mol. The largest absolute Gasteiger partial charge is 0.502 e. The Morgan fingerprint density at radius 1 is 1.44 bits per heavy atom. The molecule has 2 heterocycles. The van der Waals surface area contributed by atoms with Crippen LogP contribution in [0.2, 0.25) is 0 Å². The highest BCUT2D eigenvalue weighted by atomic mass is 16.6. The lowest BCUT2D eigenvalue weighted by atomic mass is 10.2. The third-order valence-corrected chi connectivity index (χ3v) is 2.12. The lowest BCUT2D eigenvalue weighted by molar-refractivity contribution is -0.169. The van der Waals surface area contributed by atoms with Crippen molar-refractivity contribution in [3.63, 3.8) is 0 Å². The topological polar surface area (TPSA) is 79.9 Å². The van der Waals surface area contributed by atoms with Gasteiger partial charge in [-0.05, 0) is 24.3 Å². The van der Waals surface area contributed by atoms with Gasteiger partial charge in [-0.2, -0.15) is 0 Å².